The van der Waals surface area contributed by atoms with Crippen molar-refractivity contribution in [2.24, 2.45) is 5.41 Å². The lowest BCUT2D eigenvalue weighted by Crippen LogP contribution is -2.54. The maximum absolute atomic E-state index is 7.31. The van der Waals surface area contributed by atoms with E-state index in [0.717, 1.165) is 13.1 Å². The number of nitrogens with one attached hydrogen (secondary N) is 1. The molecule has 0 bridgehead atoms. The normalized spacial score (nSPS) is 35.8. The molecule has 1 spiro atoms. The minimum atomic E-state index is 0.611. The summed E-state index contributed by atoms with van der Waals surface area (Å²) in [6.45, 7) is 2.10. The van der Waals surface area contributed by atoms with Crippen LogP contribution in [-0.4, -0.2) is 13.1 Å². The molecule has 1 saturated carbocycles. The second kappa shape index (κ2) is 1.98. The van der Waals surface area contributed by atoms with Crippen LogP contribution in [-0.2, 0) is 0 Å². The summed E-state index contributed by atoms with van der Waals surface area (Å²) < 4.78 is 7.31. The molecule has 1 heteroatoms. The van der Waals surface area contributed by atoms with E-state index in [2.05, 4.69) is 0 Å². The largest absolute Gasteiger partial charge is 0.316 e. The first-order valence-electron chi connectivity index (χ1n) is 4.49. The van der Waals surface area contributed by atoms with Gasteiger partial charge in [0.15, 0.2) is 0 Å². The van der Waals surface area contributed by atoms with Gasteiger partial charge in [-0.15, -0.1) is 0 Å². The maximum atomic E-state index is 7.31. The molecular weight excluding hydrogens is 110 g/mol. The zero-order chi connectivity index (χ0) is 7.03. The highest BCUT2D eigenvalue weighted by atomic mass is 15.0. The molecular formula is C8H15N. The Bertz CT molecular complexity index is 114. The van der Waals surface area contributed by atoms with Gasteiger partial charge >= 0.3 is 0 Å². The van der Waals surface area contributed by atoms with Crippen LogP contribution in [0, 0.1) is 5.41 Å². The van der Waals surface area contributed by atoms with Gasteiger partial charge in [0.2, 0.25) is 0 Å². The molecule has 0 unspecified atom stereocenters. The van der Waals surface area contributed by atoms with Gasteiger partial charge in [0.1, 0.15) is 1.41 Å². The van der Waals surface area contributed by atoms with Gasteiger partial charge in [-0.3, -0.25) is 0 Å². The zero-order valence-corrected chi connectivity index (χ0v) is 5.90. The molecule has 1 N–H and O–H groups in total. The summed E-state index contributed by atoms with van der Waals surface area (Å²) in [6.07, 6.45) is 7.03. The van der Waals surface area contributed by atoms with Crippen LogP contribution in [0.1, 0.15) is 32.1 Å². The molecule has 2 aliphatic rings. The lowest BCUT2D eigenvalue weighted by atomic mass is 9.70. The van der Waals surface area contributed by atoms with E-state index in [1.54, 1.807) is 5.31 Å². The quantitative estimate of drug-likeness (QED) is 0.519. The molecule has 0 atom stereocenters. The van der Waals surface area contributed by atoms with Crippen LogP contribution in [0.25, 0.3) is 0 Å². The molecule has 0 aromatic heterocycles. The molecule has 2 rings (SSSR count). The van der Waals surface area contributed by atoms with Crippen molar-refractivity contribution in [3.8, 4) is 0 Å². The minimum Gasteiger partial charge on any atom is -0.316 e. The van der Waals surface area contributed by atoms with Crippen molar-refractivity contribution in [1.29, 1.82) is 0 Å². The average Bonchev–Trinajstić information content (AvgIpc) is 1.87. The second-order valence-corrected chi connectivity index (χ2v) is 3.60. The molecule has 1 saturated heterocycles. The van der Waals surface area contributed by atoms with E-state index < -0.39 is 0 Å². The van der Waals surface area contributed by atoms with E-state index in [4.69, 9.17) is 1.41 Å². The van der Waals surface area contributed by atoms with Crippen LogP contribution in [0.15, 0.2) is 0 Å². The van der Waals surface area contributed by atoms with Crippen molar-refractivity contribution in [2.45, 2.75) is 32.1 Å². The van der Waals surface area contributed by atoms with E-state index in [1.807, 2.05) is 0 Å². The van der Waals surface area contributed by atoms with E-state index in [-0.39, 0.29) is 0 Å². The van der Waals surface area contributed by atoms with Crippen molar-refractivity contribution >= 4 is 0 Å². The van der Waals surface area contributed by atoms with Gasteiger partial charge in [0.25, 0.3) is 0 Å². The average molecular weight is 126 g/mol. The molecule has 0 aromatic carbocycles. The van der Waals surface area contributed by atoms with Crippen molar-refractivity contribution in [3.05, 3.63) is 0 Å². The van der Waals surface area contributed by atoms with Crippen LogP contribution in [0.4, 0.5) is 0 Å². The van der Waals surface area contributed by atoms with E-state index >= 15 is 0 Å². The van der Waals surface area contributed by atoms with Crippen LogP contribution >= 0.6 is 0 Å². The molecule has 1 aliphatic carbocycles. The van der Waals surface area contributed by atoms with Gasteiger partial charge in [-0.1, -0.05) is 19.3 Å². The monoisotopic (exact) mass is 126 g/mol. The Hall–Kier alpha value is -0.0400. The molecule has 9 heavy (non-hydrogen) atoms. The first-order valence-corrected chi connectivity index (χ1v) is 4.05. The summed E-state index contributed by atoms with van der Waals surface area (Å²) >= 11 is 0. The summed E-state index contributed by atoms with van der Waals surface area (Å²) in [5.74, 6) is 0. The van der Waals surface area contributed by atoms with Gasteiger partial charge in [-0.2, -0.15) is 0 Å². The molecule has 1 aliphatic heterocycles. The molecule has 0 aromatic rings. The summed E-state index contributed by atoms with van der Waals surface area (Å²) in [7, 11) is 0. The van der Waals surface area contributed by atoms with Crippen molar-refractivity contribution in [1.82, 2.24) is 5.31 Å². The fourth-order valence-electron chi connectivity index (χ4n) is 2.05. The summed E-state index contributed by atoms with van der Waals surface area (Å²) in [6, 6.07) is 0. The maximum Gasteiger partial charge on any atom is 0.122 e. The Morgan fingerprint density at radius 3 is 2.33 bits per heavy atom. The second-order valence-electron chi connectivity index (χ2n) is 3.60. The fourth-order valence-corrected chi connectivity index (χ4v) is 2.05. The number of rotatable bonds is 0. The summed E-state index contributed by atoms with van der Waals surface area (Å²) in [5, 5.41) is 1.70. The third kappa shape index (κ3) is 0.877. The van der Waals surface area contributed by atoms with Gasteiger partial charge in [0.05, 0.1) is 0 Å². The van der Waals surface area contributed by atoms with Crippen LogP contribution in [0.5, 0.6) is 0 Å². The van der Waals surface area contributed by atoms with Gasteiger partial charge in [-0.25, -0.2) is 0 Å². The predicted molar refractivity (Wildman–Crippen MR) is 38.4 cm³/mol. The Labute approximate surface area is 58.3 Å². The SMILES string of the molecule is [2H]N1CC2(CCCCC2)C1. The van der Waals surface area contributed by atoms with Crippen molar-refractivity contribution in [2.75, 3.05) is 13.1 Å². The summed E-state index contributed by atoms with van der Waals surface area (Å²) in [5.41, 5.74) is 0.611. The summed E-state index contributed by atoms with van der Waals surface area (Å²) in [4.78, 5) is 0. The highest BCUT2D eigenvalue weighted by Crippen LogP contribution is 2.38. The Morgan fingerprint density at radius 1 is 1.11 bits per heavy atom. The lowest BCUT2D eigenvalue weighted by molar-refractivity contribution is 0.107. The van der Waals surface area contributed by atoms with Crippen LogP contribution in [0.3, 0.4) is 0 Å². The first kappa shape index (κ1) is 4.73. The topological polar surface area (TPSA) is 12.0 Å². The third-order valence-corrected chi connectivity index (χ3v) is 2.81. The molecule has 52 valence electrons. The minimum absolute atomic E-state index is 0.611. The molecule has 1 heterocycles. The molecule has 0 amide bonds. The van der Waals surface area contributed by atoms with E-state index in [1.165, 1.54) is 32.1 Å². The first-order chi connectivity index (χ1) is 4.81. The highest BCUT2D eigenvalue weighted by Gasteiger charge is 2.37. The van der Waals surface area contributed by atoms with Gasteiger partial charge < -0.3 is 5.31 Å². The Balaban J connectivity index is 1.90. The predicted octanol–water partition coefficient (Wildman–Crippen LogP) is 1.54. The van der Waals surface area contributed by atoms with E-state index in [9.17, 15) is 0 Å². The Kier molecular flexibility index (Phi) is 1.04. The smallest absolute Gasteiger partial charge is 0.122 e. The molecule has 2 fully saturated rings. The molecule has 1 nitrogen and oxygen atoms in total. The van der Waals surface area contributed by atoms with Gasteiger partial charge in [-0.05, 0) is 18.3 Å². The van der Waals surface area contributed by atoms with Crippen molar-refractivity contribution in [3.63, 3.8) is 0 Å². The van der Waals surface area contributed by atoms with Crippen LogP contribution < -0.4 is 5.31 Å². The van der Waals surface area contributed by atoms with Crippen molar-refractivity contribution < 1.29 is 1.41 Å². The lowest BCUT2D eigenvalue weighted by Gasteiger charge is -2.45. The molecule has 0 radical (unpaired) electrons. The third-order valence-electron chi connectivity index (χ3n) is 2.81. The zero-order valence-electron chi connectivity index (χ0n) is 6.90. The fraction of sp³-hybridized carbons (Fsp3) is 1.00. The van der Waals surface area contributed by atoms with Crippen LogP contribution in [0.2, 0.25) is 1.41 Å². The number of hydrogen-bond donors (Lipinski definition) is 1. The Morgan fingerprint density at radius 2 is 1.78 bits per heavy atom. The van der Waals surface area contributed by atoms with Gasteiger partial charge in [0, 0.05) is 13.1 Å². The number of hydrogen-bond acceptors (Lipinski definition) is 1. The van der Waals surface area contributed by atoms with E-state index in [0.29, 0.717) is 5.41 Å². The highest BCUT2D eigenvalue weighted by molar-refractivity contribution is 4.93. The standard InChI is InChI=1S/C8H15N/c1-2-4-8(5-3-1)6-9-7-8/h9H,1-7H2/i/hD.